The second kappa shape index (κ2) is 6.27. The summed E-state index contributed by atoms with van der Waals surface area (Å²) >= 11 is 0. The predicted octanol–water partition coefficient (Wildman–Crippen LogP) is 1.40. The summed E-state index contributed by atoms with van der Waals surface area (Å²) in [4.78, 5) is 20.0. The Morgan fingerprint density at radius 1 is 1.38 bits per heavy atom. The van der Waals surface area contributed by atoms with Gasteiger partial charge in [-0.1, -0.05) is 6.58 Å². The van der Waals surface area contributed by atoms with Crippen LogP contribution in [0.5, 0.6) is 0 Å². The first-order valence-electron chi connectivity index (χ1n) is 5.36. The van der Waals surface area contributed by atoms with Crippen LogP contribution in [0, 0.1) is 11.8 Å². The largest absolute Gasteiger partial charge is 0.469 e. The first kappa shape index (κ1) is 12.7. The Hall–Kier alpha value is -1.36. The number of methoxy groups -OCH3 is 1. The van der Waals surface area contributed by atoms with Crippen molar-refractivity contribution in [3.05, 3.63) is 12.8 Å². The molecule has 2 N–H and O–H groups in total. The van der Waals surface area contributed by atoms with Gasteiger partial charge in [0.15, 0.2) is 0 Å². The van der Waals surface area contributed by atoms with Crippen LogP contribution in [-0.2, 0) is 14.4 Å². The number of rotatable bonds is 3. The molecule has 1 aliphatic carbocycles. The maximum absolute atomic E-state index is 11.3. The molecule has 1 fully saturated rings. The van der Waals surface area contributed by atoms with Crippen LogP contribution in [-0.4, -0.2) is 19.0 Å². The summed E-state index contributed by atoms with van der Waals surface area (Å²) in [6.45, 7) is 3.50. The van der Waals surface area contributed by atoms with E-state index in [0.29, 0.717) is 5.90 Å². The molecule has 0 aromatic rings. The van der Waals surface area contributed by atoms with Gasteiger partial charge in [0.1, 0.15) is 0 Å². The Kier molecular flexibility index (Phi) is 4.98. The maximum atomic E-state index is 11.3. The normalized spacial score (nSPS) is 26.0. The molecule has 0 atom stereocenters. The average molecular weight is 226 g/mol. The number of carbonyl (C=O) groups excluding carboxylic acids is 1. The van der Waals surface area contributed by atoms with Crippen LogP contribution >= 0.6 is 0 Å². The number of hydrogen-bond donors (Lipinski definition) is 1. The molecule has 0 aromatic heterocycles. The molecule has 0 unspecified atom stereocenters. The van der Waals surface area contributed by atoms with Crippen LogP contribution in [0.3, 0.4) is 0 Å². The summed E-state index contributed by atoms with van der Waals surface area (Å²) in [5.74, 6) is 5.70. The third-order valence-corrected chi connectivity index (χ3v) is 2.95. The molecular formula is C11H18N2O3. The van der Waals surface area contributed by atoms with Crippen LogP contribution in [0.15, 0.2) is 17.8 Å². The number of nitrogens with zero attached hydrogens (tertiary/aromatic N) is 1. The Morgan fingerprint density at radius 2 is 1.94 bits per heavy atom. The van der Waals surface area contributed by atoms with Crippen molar-refractivity contribution in [1.82, 2.24) is 0 Å². The molecule has 0 amide bonds. The molecule has 1 aliphatic rings. The van der Waals surface area contributed by atoms with E-state index in [2.05, 4.69) is 11.6 Å². The van der Waals surface area contributed by atoms with E-state index in [1.807, 2.05) is 0 Å². The number of nitrogens with two attached hydrogens (primary N) is 1. The lowest BCUT2D eigenvalue weighted by Gasteiger charge is -2.26. The summed E-state index contributed by atoms with van der Waals surface area (Å²) < 4.78 is 4.72. The first-order chi connectivity index (χ1) is 7.72. The van der Waals surface area contributed by atoms with Gasteiger partial charge in [-0.05, 0) is 25.7 Å². The van der Waals surface area contributed by atoms with Crippen LogP contribution in [0.1, 0.15) is 25.7 Å². The minimum absolute atomic E-state index is 0.00371. The van der Waals surface area contributed by atoms with E-state index in [9.17, 15) is 4.79 Å². The Bertz CT molecular complexity index is 281. The highest BCUT2D eigenvalue weighted by molar-refractivity contribution is 5.79. The fourth-order valence-electron chi connectivity index (χ4n) is 2.06. The Labute approximate surface area is 95.3 Å². The van der Waals surface area contributed by atoms with Gasteiger partial charge < -0.3 is 9.57 Å². The minimum Gasteiger partial charge on any atom is -0.469 e. The predicted molar refractivity (Wildman–Crippen MR) is 60.4 cm³/mol. The SMILES string of the molecule is C=CN=C(ON)C1CCC(C(=O)OC)CC1. The molecule has 0 radical (unpaired) electrons. The number of carbonyl (C=O) groups is 1. The zero-order valence-electron chi connectivity index (χ0n) is 9.52. The maximum Gasteiger partial charge on any atom is 0.308 e. The van der Waals surface area contributed by atoms with Crippen molar-refractivity contribution < 1.29 is 14.4 Å². The second-order valence-corrected chi connectivity index (χ2v) is 3.84. The minimum atomic E-state index is -0.130. The van der Waals surface area contributed by atoms with E-state index in [-0.39, 0.29) is 17.8 Å². The first-order valence-corrected chi connectivity index (χ1v) is 5.36. The molecule has 0 aromatic carbocycles. The van der Waals surface area contributed by atoms with Crippen molar-refractivity contribution in [2.24, 2.45) is 22.7 Å². The van der Waals surface area contributed by atoms with Crippen molar-refractivity contribution in [3.63, 3.8) is 0 Å². The highest BCUT2D eigenvalue weighted by atomic mass is 16.6. The fraction of sp³-hybridized carbons (Fsp3) is 0.636. The zero-order chi connectivity index (χ0) is 12.0. The van der Waals surface area contributed by atoms with Crippen LogP contribution in [0.25, 0.3) is 0 Å². The van der Waals surface area contributed by atoms with E-state index in [4.69, 9.17) is 15.5 Å². The molecule has 0 spiro atoms. The second-order valence-electron chi connectivity index (χ2n) is 3.84. The topological polar surface area (TPSA) is 73.9 Å². The standard InChI is InChI=1S/C11H18N2O3/c1-3-13-10(16-12)8-4-6-9(7-5-8)11(14)15-2/h3,8-9H,1,4-7,12H2,2H3. The Morgan fingerprint density at radius 3 is 2.38 bits per heavy atom. The van der Waals surface area contributed by atoms with Crippen LogP contribution in [0.2, 0.25) is 0 Å². The van der Waals surface area contributed by atoms with Crippen molar-refractivity contribution in [2.45, 2.75) is 25.7 Å². The van der Waals surface area contributed by atoms with Gasteiger partial charge in [0.25, 0.3) is 0 Å². The Balaban J connectivity index is 2.51. The number of aliphatic imine (C=N–C) groups is 1. The average Bonchev–Trinajstić information content (AvgIpc) is 2.35. The van der Waals surface area contributed by atoms with Gasteiger partial charge in [0.2, 0.25) is 5.90 Å². The third-order valence-electron chi connectivity index (χ3n) is 2.95. The lowest BCUT2D eigenvalue weighted by Crippen LogP contribution is -2.29. The zero-order valence-corrected chi connectivity index (χ0v) is 9.52. The number of esters is 1. The smallest absolute Gasteiger partial charge is 0.308 e. The molecule has 1 rings (SSSR count). The summed E-state index contributed by atoms with van der Waals surface area (Å²) in [6.07, 6.45) is 4.66. The molecule has 5 nitrogen and oxygen atoms in total. The summed E-state index contributed by atoms with van der Waals surface area (Å²) in [6, 6.07) is 0. The lowest BCUT2D eigenvalue weighted by molar-refractivity contribution is -0.146. The molecule has 0 saturated heterocycles. The van der Waals surface area contributed by atoms with Gasteiger partial charge in [0.05, 0.1) is 13.0 Å². The van der Waals surface area contributed by atoms with E-state index < -0.39 is 0 Å². The highest BCUT2D eigenvalue weighted by Crippen LogP contribution is 2.30. The lowest BCUT2D eigenvalue weighted by atomic mass is 9.82. The van der Waals surface area contributed by atoms with Crippen LogP contribution < -0.4 is 5.90 Å². The van der Waals surface area contributed by atoms with E-state index in [1.165, 1.54) is 13.3 Å². The van der Waals surface area contributed by atoms with Gasteiger partial charge in [-0.2, -0.15) is 5.90 Å². The molecular weight excluding hydrogens is 208 g/mol. The van der Waals surface area contributed by atoms with Crippen LogP contribution in [0.4, 0.5) is 0 Å². The third kappa shape index (κ3) is 3.06. The molecule has 1 saturated carbocycles. The highest BCUT2D eigenvalue weighted by Gasteiger charge is 2.29. The molecule has 0 aliphatic heterocycles. The van der Waals surface area contributed by atoms with Crippen molar-refractivity contribution in [3.8, 4) is 0 Å². The number of hydrogen-bond acceptors (Lipinski definition) is 5. The van der Waals surface area contributed by atoms with Gasteiger partial charge >= 0.3 is 5.97 Å². The summed E-state index contributed by atoms with van der Waals surface area (Å²) in [5.41, 5.74) is 0. The molecule has 16 heavy (non-hydrogen) atoms. The molecule has 5 heteroatoms. The van der Waals surface area contributed by atoms with Crippen molar-refractivity contribution in [1.29, 1.82) is 0 Å². The van der Waals surface area contributed by atoms with E-state index in [0.717, 1.165) is 25.7 Å². The van der Waals surface area contributed by atoms with E-state index >= 15 is 0 Å². The fourth-order valence-corrected chi connectivity index (χ4v) is 2.06. The monoisotopic (exact) mass is 226 g/mol. The molecule has 0 bridgehead atoms. The van der Waals surface area contributed by atoms with Gasteiger partial charge in [-0.15, -0.1) is 0 Å². The summed E-state index contributed by atoms with van der Waals surface area (Å²) in [5, 5.41) is 0. The van der Waals surface area contributed by atoms with Gasteiger partial charge in [-0.25, -0.2) is 4.99 Å². The van der Waals surface area contributed by atoms with Gasteiger partial charge in [-0.3, -0.25) is 4.79 Å². The molecule has 0 heterocycles. The van der Waals surface area contributed by atoms with Gasteiger partial charge in [0, 0.05) is 12.1 Å². The van der Waals surface area contributed by atoms with Crippen molar-refractivity contribution in [2.75, 3.05) is 7.11 Å². The van der Waals surface area contributed by atoms with E-state index in [1.54, 1.807) is 0 Å². The molecule has 90 valence electrons. The summed E-state index contributed by atoms with van der Waals surface area (Å²) in [7, 11) is 1.42. The van der Waals surface area contributed by atoms with Crippen molar-refractivity contribution >= 4 is 11.9 Å². The quantitative estimate of drug-likeness (QED) is 0.341. The number of ether oxygens (including phenoxy) is 1.